The third-order valence-electron chi connectivity index (χ3n) is 3.61. The second-order valence-electron chi connectivity index (χ2n) is 4.59. The van der Waals surface area contributed by atoms with E-state index in [2.05, 4.69) is 5.32 Å². The summed E-state index contributed by atoms with van der Waals surface area (Å²) >= 11 is 0. The van der Waals surface area contributed by atoms with Gasteiger partial charge in [0.1, 0.15) is 0 Å². The van der Waals surface area contributed by atoms with E-state index >= 15 is 0 Å². The minimum Gasteiger partial charge on any atom is -0.316 e. The first-order valence-electron chi connectivity index (χ1n) is 5.66. The Morgan fingerprint density at radius 2 is 1.67 bits per heavy atom. The zero-order valence-electron chi connectivity index (χ0n) is 8.02. The van der Waals surface area contributed by atoms with E-state index in [0.29, 0.717) is 0 Å². The molecule has 0 radical (unpaired) electrons. The van der Waals surface area contributed by atoms with Crippen LogP contribution in [-0.2, 0) is 0 Å². The number of hydrogen-bond donors (Lipinski definition) is 1. The minimum atomic E-state index is 1.01. The quantitative estimate of drug-likeness (QED) is 0.681. The molecule has 1 nitrogen and oxygen atoms in total. The molecule has 1 saturated heterocycles. The molecule has 70 valence electrons. The monoisotopic (exact) mass is 167 g/mol. The molecule has 2 aliphatic rings. The predicted octanol–water partition coefficient (Wildman–Crippen LogP) is 2.57. The molecule has 1 saturated carbocycles. The lowest BCUT2D eigenvalue weighted by atomic mass is 9.79. The number of nitrogens with one attached hydrogen (secondary N) is 1. The molecule has 0 amide bonds. The zero-order chi connectivity index (χ0) is 8.23. The fourth-order valence-corrected chi connectivity index (χ4v) is 2.42. The van der Waals surface area contributed by atoms with Gasteiger partial charge in [0, 0.05) is 0 Å². The maximum absolute atomic E-state index is 3.49. The number of hydrogen-bond acceptors (Lipinski definition) is 1. The maximum Gasteiger partial charge on any atom is -0.00205 e. The molecule has 0 aromatic rings. The van der Waals surface area contributed by atoms with Gasteiger partial charge in [0.2, 0.25) is 0 Å². The van der Waals surface area contributed by atoms with Crippen molar-refractivity contribution in [2.75, 3.05) is 13.1 Å². The van der Waals surface area contributed by atoms with E-state index in [9.17, 15) is 0 Å². The van der Waals surface area contributed by atoms with Gasteiger partial charge in [0.15, 0.2) is 0 Å². The Balaban J connectivity index is 1.58. The first-order valence-corrected chi connectivity index (χ1v) is 5.66. The van der Waals surface area contributed by atoms with Gasteiger partial charge in [-0.3, -0.25) is 0 Å². The zero-order valence-corrected chi connectivity index (χ0v) is 8.02. The van der Waals surface area contributed by atoms with Gasteiger partial charge in [0.05, 0.1) is 0 Å². The third-order valence-corrected chi connectivity index (χ3v) is 3.61. The largest absolute Gasteiger partial charge is 0.316 e. The van der Waals surface area contributed by atoms with E-state index < -0.39 is 0 Å². The molecule has 2 fully saturated rings. The molecule has 1 aliphatic carbocycles. The van der Waals surface area contributed by atoms with E-state index in [1.807, 2.05) is 0 Å². The highest BCUT2D eigenvalue weighted by atomic mass is 14.9. The van der Waals surface area contributed by atoms with Crippen LogP contribution in [0.15, 0.2) is 0 Å². The lowest BCUT2D eigenvalue weighted by molar-refractivity contribution is 0.252. The second-order valence-corrected chi connectivity index (χ2v) is 4.59. The van der Waals surface area contributed by atoms with Crippen LogP contribution in [0.2, 0.25) is 0 Å². The Kier molecular flexibility index (Phi) is 3.04. The van der Waals surface area contributed by atoms with E-state index in [1.54, 1.807) is 0 Å². The lowest BCUT2D eigenvalue weighted by Crippen LogP contribution is -2.30. The van der Waals surface area contributed by atoms with Crippen LogP contribution in [-0.4, -0.2) is 13.1 Å². The van der Waals surface area contributed by atoms with Gasteiger partial charge < -0.3 is 5.32 Å². The fourth-order valence-electron chi connectivity index (χ4n) is 2.42. The van der Waals surface area contributed by atoms with Gasteiger partial charge in [-0.05, 0) is 44.2 Å². The van der Waals surface area contributed by atoms with Gasteiger partial charge in [-0.25, -0.2) is 0 Å². The Bertz CT molecular complexity index is 123. The van der Waals surface area contributed by atoms with Crippen LogP contribution < -0.4 is 5.32 Å². The summed E-state index contributed by atoms with van der Waals surface area (Å²) < 4.78 is 0. The summed E-state index contributed by atoms with van der Waals surface area (Å²) in [6.07, 6.45) is 10.5. The molecule has 1 unspecified atom stereocenters. The first kappa shape index (κ1) is 8.55. The number of rotatable bonds is 3. The summed E-state index contributed by atoms with van der Waals surface area (Å²) in [5.41, 5.74) is 0. The summed E-state index contributed by atoms with van der Waals surface area (Å²) in [4.78, 5) is 0. The van der Waals surface area contributed by atoms with Crippen molar-refractivity contribution in [1.29, 1.82) is 0 Å². The van der Waals surface area contributed by atoms with Gasteiger partial charge in [-0.15, -0.1) is 0 Å². The van der Waals surface area contributed by atoms with Crippen LogP contribution in [0.3, 0.4) is 0 Å². The fraction of sp³-hybridized carbons (Fsp3) is 1.00. The number of piperidine rings is 1. The van der Waals surface area contributed by atoms with Gasteiger partial charge in [-0.2, -0.15) is 0 Å². The molecule has 1 atom stereocenters. The van der Waals surface area contributed by atoms with E-state index in [1.165, 1.54) is 58.0 Å². The molecule has 0 aromatic heterocycles. The Morgan fingerprint density at radius 3 is 2.25 bits per heavy atom. The Hall–Kier alpha value is -0.0400. The second kappa shape index (κ2) is 4.27. The van der Waals surface area contributed by atoms with Crippen LogP contribution >= 0.6 is 0 Å². The molecular weight excluding hydrogens is 146 g/mol. The van der Waals surface area contributed by atoms with E-state index in [0.717, 1.165) is 11.8 Å². The van der Waals surface area contributed by atoms with Gasteiger partial charge in [0.25, 0.3) is 0 Å². The molecule has 1 heteroatoms. The maximum atomic E-state index is 3.49. The summed E-state index contributed by atoms with van der Waals surface area (Å²) in [5, 5.41) is 3.49. The van der Waals surface area contributed by atoms with Crippen molar-refractivity contribution in [2.24, 2.45) is 11.8 Å². The van der Waals surface area contributed by atoms with Crippen LogP contribution in [0.4, 0.5) is 0 Å². The Labute approximate surface area is 75.9 Å². The van der Waals surface area contributed by atoms with Crippen molar-refractivity contribution < 1.29 is 0 Å². The molecule has 1 N–H and O–H groups in total. The average molecular weight is 167 g/mol. The Morgan fingerprint density at radius 1 is 0.917 bits per heavy atom. The van der Waals surface area contributed by atoms with Crippen molar-refractivity contribution in [3.8, 4) is 0 Å². The normalized spacial score (nSPS) is 31.5. The average Bonchev–Trinajstić information content (AvgIpc) is 2.04. The van der Waals surface area contributed by atoms with Gasteiger partial charge >= 0.3 is 0 Å². The first-order chi connectivity index (χ1) is 5.95. The van der Waals surface area contributed by atoms with Crippen LogP contribution in [0, 0.1) is 11.8 Å². The minimum absolute atomic E-state index is 1.01. The predicted molar refractivity (Wildman–Crippen MR) is 52.2 cm³/mol. The molecule has 0 bridgehead atoms. The standard InChI is InChI=1S/C11H21N/c1-3-10(4-1)6-7-11-5-2-8-12-9-11/h10-12H,1-9H2. The molecule has 0 aromatic carbocycles. The highest BCUT2D eigenvalue weighted by Gasteiger charge is 2.19. The highest BCUT2D eigenvalue weighted by molar-refractivity contribution is 4.74. The molecule has 1 heterocycles. The summed E-state index contributed by atoms with van der Waals surface area (Å²) in [7, 11) is 0. The molecule has 1 aliphatic heterocycles. The van der Waals surface area contributed by atoms with Crippen molar-refractivity contribution in [1.82, 2.24) is 5.32 Å². The molecule has 0 spiro atoms. The van der Waals surface area contributed by atoms with Crippen molar-refractivity contribution in [3.05, 3.63) is 0 Å². The van der Waals surface area contributed by atoms with Crippen molar-refractivity contribution in [3.63, 3.8) is 0 Å². The van der Waals surface area contributed by atoms with Crippen molar-refractivity contribution in [2.45, 2.75) is 44.9 Å². The SMILES string of the molecule is C1CC(CCC2CCCNC2)C1. The van der Waals surface area contributed by atoms with Crippen LogP contribution in [0.5, 0.6) is 0 Å². The highest BCUT2D eigenvalue weighted by Crippen LogP contribution is 2.32. The van der Waals surface area contributed by atoms with Crippen LogP contribution in [0.1, 0.15) is 44.9 Å². The molecule has 12 heavy (non-hydrogen) atoms. The summed E-state index contributed by atoms with van der Waals surface area (Å²) in [5.74, 6) is 2.13. The van der Waals surface area contributed by atoms with E-state index in [4.69, 9.17) is 0 Å². The van der Waals surface area contributed by atoms with Crippen LogP contribution in [0.25, 0.3) is 0 Å². The smallest absolute Gasteiger partial charge is 0.00205 e. The van der Waals surface area contributed by atoms with Gasteiger partial charge in [-0.1, -0.05) is 25.7 Å². The molecule has 2 rings (SSSR count). The molecular formula is C11H21N. The summed E-state index contributed by atoms with van der Waals surface area (Å²) in [6, 6.07) is 0. The summed E-state index contributed by atoms with van der Waals surface area (Å²) in [6.45, 7) is 2.56. The third kappa shape index (κ3) is 2.22. The topological polar surface area (TPSA) is 12.0 Å². The van der Waals surface area contributed by atoms with E-state index in [-0.39, 0.29) is 0 Å². The van der Waals surface area contributed by atoms with Crippen molar-refractivity contribution >= 4 is 0 Å². The lowest BCUT2D eigenvalue weighted by Gasteiger charge is -2.29.